The Bertz CT molecular complexity index is 561. The van der Waals surface area contributed by atoms with Gasteiger partial charge >= 0.3 is 0 Å². The Morgan fingerprint density at radius 3 is 2.75 bits per heavy atom. The van der Waals surface area contributed by atoms with Gasteiger partial charge in [-0.1, -0.05) is 0 Å². The predicted molar refractivity (Wildman–Crippen MR) is 76.6 cm³/mol. The number of rotatable bonds is 6. The molecule has 0 aliphatic carbocycles. The van der Waals surface area contributed by atoms with Crippen molar-refractivity contribution in [3.63, 3.8) is 0 Å². The average Bonchev–Trinajstić information content (AvgIpc) is 2.96. The van der Waals surface area contributed by atoms with Crippen LogP contribution < -0.4 is 5.32 Å². The number of imidazole rings is 1. The Morgan fingerprint density at radius 1 is 1.40 bits per heavy atom. The molecule has 2 aromatic heterocycles. The van der Waals surface area contributed by atoms with Gasteiger partial charge in [-0.3, -0.25) is 0 Å². The maximum absolute atomic E-state index is 5.22. The Kier molecular flexibility index (Phi) is 4.39. The zero-order valence-corrected chi connectivity index (χ0v) is 12.7. The summed E-state index contributed by atoms with van der Waals surface area (Å²) in [7, 11) is 3.63. The van der Waals surface area contributed by atoms with E-state index < -0.39 is 0 Å². The van der Waals surface area contributed by atoms with E-state index >= 15 is 0 Å². The van der Waals surface area contributed by atoms with E-state index in [1.54, 1.807) is 13.4 Å². The maximum atomic E-state index is 5.22. The van der Waals surface area contributed by atoms with Gasteiger partial charge in [0.05, 0.1) is 24.4 Å². The molecule has 20 heavy (non-hydrogen) atoms. The summed E-state index contributed by atoms with van der Waals surface area (Å²) in [4.78, 5) is 4.53. The van der Waals surface area contributed by atoms with E-state index in [-0.39, 0.29) is 12.1 Å². The van der Waals surface area contributed by atoms with E-state index in [2.05, 4.69) is 32.0 Å². The summed E-state index contributed by atoms with van der Waals surface area (Å²) in [6, 6.07) is 0.244. The highest BCUT2D eigenvalue weighted by Gasteiger charge is 2.17. The third-order valence-electron chi connectivity index (χ3n) is 3.21. The summed E-state index contributed by atoms with van der Waals surface area (Å²) in [5.74, 6) is 1.69. The highest BCUT2D eigenvalue weighted by molar-refractivity contribution is 5.32. The fourth-order valence-electron chi connectivity index (χ4n) is 2.22. The van der Waals surface area contributed by atoms with E-state index in [0.29, 0.717) is 6.61 Å². The van der Waals surface area contributed by atoms with Crippen LogP contribution in [0.2, 0.25) is 0 Å². The molecule has 2 aromatic rings. The van der Waals surface area contributed by atoms with Crippen LogP contribution in [0.15, 0.2) is 12.5 Å². The highest BCUT2D eigenvalue weighted by Crippen LogP contribution is 2.20. The maximum Gasteiger partial charge on any atom is 0.203 e. The molecule has 2 heterocycles. The van der Waals surface area contributed by atoms with Gasteiger partial charge in [0.2, 0.25) is 5.95 Å². The smallest absolute Gasteiger partial charge is 0.203 e. The number of aryl methyl sites for hydroxylation is 2. The number of nitrogens with zero attached hydrogens (tertiary/aromatic N) is 5. The van der Waals surface area contributed by atoms with E-state index in [0.717, 1.165) is 17.5 Å². The Balaban J connectivity index is 2.19. The number of methoxy groups -OCH3 is 1. The lowest BCUT2D eigenvalue weighted by Gasteiger charge is -2.19. The molecule has 0 bridgehead atoms. The van der Waals surface area contributed by atoms with Gasteiger partial charge in [0.25, 0.3) is 0 Å². The van der Waals surface area contributed by atoms with Gasteiger partial charge in [-0.25, -0.2) is 4.98 Å². The molecule has 7 heteroatoms. The van der Waals surface area contributed by atoms with E-state index in [1.807, 2.05) is 31.7 Å². The van der Waals surface area contributed by atoms with Crippen LogP contribution in [0.25, 0.3) is 0 Å². The molecule has 0 fully saturated rings. The van der Waals surface area contributed by atoms with Crippen LogP contribution >= 0.6 is 0 Å². The second kappa shape index (κ2) is 6.04. The number of nitrogens with one attached hydrogen (secondary N) is 1. The van der Waals surface area contributed by atoms with Gasteiger partial charge in [-0.05, 0) is 20.8 Å². The van der Waals surface area contributed by atoms with Crippen LogP contribution in [0.1, 0.15) is 37.4 Å². The minimum absolute atomic E-state index is 0.0257. The molecule has 2 unspecified atom stereocenters. The highest BCUT2D eigenvalue weighted by atomic mass is 16.5. The molecule has 0 saturated heterocycles. The SMILES string of the molecule is COCC(C)n1cc(C)nc1NC(C)c1nncn1C. The van der Waals surface area contributed by atoms with Crippen molar-refractivity contribution in [2.75, 3.05) is 19.0 Å². The van der Waals surface area contributed by atoms with Crippen LogP contribution in [0.3, 0.4) is 0 Å². The lowest BCUT2D eigenvalue weighted by Crippen LogP contribution is -2.18. The molecule has 0 aromatic carbocycles. The minimum Gasteiger partial charge on any atom is -0.383 e. The van der Waals surface area contributed by atoms with Crippen LogP contribution in [-0.4, -0.2) is 38.0 Å². The van der Waals surface area contributed by atoms with Gasteiger partial charge in [0.1, 0.15) is 6.33 Å². The Morgan fingerprint density at radius 2 is 2.15 bits per heavy atom. The quantitative estimate of drug-likeness (QED) is 0.871. The van der Waals surface area contributed by atoms with Crippen molar-refractivity contribution in [2.45, 2.75) is 32.9 Å². The standard InChI is InChI=1S/C13H22N6O/c1-9-6-19(10(2)7-20-5)13(15-9)16-11(3)12-17-14-8-18(12)4/h6,8,10-11H,7H2,1-5H3,(H,15,16). The molecule has 2 atom stereocenters. The summed E-state index contributed by atoms with van der Waals surface area (Å²) in [5, 5.41) is 11.4. The second-order valence-electron chi connectivity index (χ2n) is 5.08. The van der Waals surface area contributed by atoms with Crippen LogP contribution in [0.4, 0.5) is 5.95 Å². The van der Waals surface area contributed by atoms with E-state index in [9.17, 15) is 0 Å². The fourth-order valence-corrected chi connectivity index (χ4v) is 2.22. The zero-order valence-electron chi connectivity index (χ0n) is 12.7. The zero-order chi connectivity index (χ0) is 14.7. The normalized spacial score (nSPS) is 14.2. The molecule has 0 spiro atoms. The lowest BCUT2D eigenvalue weighted by molar-refractivity contribution is 0.163. The fraction of sp³-hybridized carbons (Fsp3) is 0.615. The average molecular weight is 278 g/mol. The van der Waals surface area contributed by atoms with Crippen molar-refractivity contribution >= 4 is 5.95 Å². The summed E-state index contributed by atoms with van der Waals surface area (Å²) in [5.41, 5.74) is 0.973. The monoisotopic (exact) mass is 278 g/mol. The minimum atomic E-state index is 0.0257. The number of aromatic nitrogens is 5. The van der Waals surface area contributed by atoms with Gasteiger partial charge in [0, 0.05) is 20.4 Å². The molecule has 0 aliphatic rings. The summed E-state index contributed by atoms with van der Waals surface area (Å²) in [6.45, 7) is 6.76. The van der Waals surface area contributed by atoms with Crippen molar-refractivity contribution in [2.24, 2.45) is 7.05 Å². The first-order valence-corrected chi connectivity index (χ1v) is 6.67. The van der Waals surface area contributed by atoms with Crippen LogP contribution in [-0.2, 0) is 11.8 Å². The third kappa shape index (κ3) is 2.98. The van der Waals surface area contributed by atoms with Gasteiger partial charge in [-0.2, -0.15) is 0 Å². The Labute approximate surface area is 119 Å². The topological polar surface area (TPSA) is 69.8 Å². The number of ether oxygens (including phenoxy) is 1. The molecular weight excluding hydrogens is 256 g/mol. The van der Waals surface area contributed by atoms with E-state index in [1.165, 1.54) is 0 Å². The molecule has 7 nitrogen and oxygen atoms in total. The molecule has 0 aliphatic heterocycles. The summed E-state index contributed by atoms with van der Waals surface area (Å²) >= 11 is 0. The molecule has 1 N–H and O–H groups in total. The van der Waals surface area contributed by atoms with Crippen molar-refractivity contribution in [1.82, 2.24) is 24.3 Å². The first-order valence-electron chi connectivity index (χ1n) is 6.67. The van der Waals surface area contributed by atoms with Gasteiger partial charge < -0.3 is 19.2 Å². The summed E-state index contributed by atoms with van der Waals surface area (Å²) < 4.78 is 9.20. The molecule has 0 amide bonds. The predicted octanol–water partition coefficient (Wildman–Crippen LogP) is 1.70. The number of anilines is 1. The van der Waals surface area contributed by atoms with Crippen molar-refractivity contribution in [3.05, 3.63) is 24.0 Å². The number of hydrogen-bond acceptors (Lipinski definition) is 5. The van der Waals surface area contributed by atoms with Crippen molar-refractivity contribution in [3.8, 4) is 0 Å². The van der Waals surface area contributed by atoms with Crippen molar-refractivity contribution in [1.29, 1.82) is 0 Å². The molecule has 0 saturated carbocycles. The first-order chi connectivity index (χ1) is 9.52. The Hall–Kier alpha value is -1.89. The molecule has 2 rings (SSSR count). The largest absolute Gasteiger partial charge is 0.383 e. The van der Waals surface area contributed by atoms with Crippen LogP contribution in [0.5, 0.6) is 0 Å². The van der Waals surface area contributed by atoms with Crippen molar-refractivity contribution < 1.29 is 4.74 Å². The molecule has 0 radical (unpaired) electrons. The third-order valence-corrected chi connectivity index (χ3v) is 3.21. The van der Waals surface area contributed by atoms with Gasteiger partial charge in [0.15, 0.2) is 5.82 Å². The van der Waals surface area contributed by atoms with Gasteiger partial charge in [-0.15, -0.1) is 10.2 Å². The second-order valence-corrected chi connectivity index (χ2v) is 5.08. The van der Waals surface area contributed by atoms with Crippen LogP contribution in [0, 0.1) is 6.92 Å². The van der Waals surface area contributed by atoms with E-state index in [4.69, 9.17) is 4.74 Å². The molecule has 110 valence electrons. The molecular formula is C13H22N6O. The summed E-state index contributed by atoms with van der Waals surface area (Å²) in [6.07, 6.45) is 3.72. The number of hydrogen-bond donors (Lipinski definition) is 1. The lowest BCUT2D eigenvalue weighted by atomic mass is 10.3. The first kappa shape index (κ1) is 14.5.